The van der Waals surface area contributed by atoms with E-state index in [4.69, 9.17) is 11.6 Å². The number of anilines is 1. The Morgan fingerprint density at radius 2 is 1.79 bits per heavy atom. The summed E-state index contributed by atoms with van der Waals surface area (Å²) < 4.78 is 1.03. The summed E-state index contributed by atoms with van der Waals surface area (Å²) in [5, 5.41) is 8.47. The highest BCUT2D eigenvalue weighted by Crippen LogP contribution is 2.28. The number of nitrogen functional groups attached to an aromatic ring is 1. The molecule has 0 radical (unpaired) electrons. The van der Waals surface area contributed by atoms with Gasteiger partial charge in [0.25, 0.3) is 0 Å². The van der Waals surface area contributed by atoms with Crippen LogP contribution in [0.2, 0.25) is 0 Å². The Balaban J connectivity index is 2.36. The van der Waals surface area contributed by atoms with E-state index in [1.165, 1.54) is 0 Å². The largest absolute Gasteiger partial charge is 0.433 e. The van der Waals surface area contributed by atoms with Crippen molar-refractivity contribution in [1.82, 2.24) is 5.53 Å². The molecule has 5 N–H and O–H groups in total. The minimum atomic E-state index is 0.491. The SMILES string of the molecule is NN/N=C(\[N-]c1ccccc1N)c1ccccc1I. The Morgan fingerprint density at radius 1 is 1.11 bits per heavy atom. The van der Waals surface area contributed by atoms with Crippen LogP contribution in [0.25, 0.3) is 5.32 Å². The molecular weight excluding hydrogens is 353 g/mol. The molecule has 0 bridgehead atoms. The van der Waals surface area contributed by atoms with E-state index in [1.807, 2.05) is 42.5 Å². The summed E-state index contributed by atoms with van der Waals surface area (Å²) in [7, 11) is 0. The lowest BCUT2D eigenvalue weighted by Gasteiger charge is -2.22. The quantitative estimate of drug-likeness (QED) is 0.195. The van der Waals surface area contributed by atoms with Crippen LogP contribution in [-0.2, 0) is 0 Å². The summed E-state index contributed by atoms with van der Waals surface area (Å²) in [6.07, 6.45) is 0. The molecule has 0 saturated heterocycles. The zero-order valence-electron chi connectivity index (χ0n) is 10.0. The van der Waals surface area contributed by atoms with Gasteiger partial charge in [-0.05, 0) is 51.8 Å². The van der Waals surface area contributed by atoms with Crippen molar-refractivity contribution in [3.63, 3.8) is 0 Å². The Kier molecular flexibility index (Phi) is 4.58. The highest BCUT2D eigenvalue weighted by molar-refractivity contribution is 14.1. The molecule has 0 aliphatic rings. The van der Waals surface area contributed by atoms with Gasteiger partial charge in [0.1, 0.15) is 0 Å². The second-order valence-corrected chi connectivity index (χ2v) is 4.88. The van der Waals surface area contributed by atoms with E-state index in [0.29, 0.717) is 17.2 Å². The number of hydrogen-bond acceptors (Lipinski definition) is 4. The Hall–Kier alpha value is -1.80. The van der Waals surface area contributed by atoms with Crippen molar-refractivity contribution in [2.24, 2.45) is 10.9 Å². The van der Waals surface area contributed by atoms with E-state index in [9.17, 15) is 0 Å². The zero-order valence-corrected chi connectivity index (χ0v) is 12.2. The lowest BCUT2D eigenvalue weighted by Crippen LogP contribution is -2.18. The number of para-hydroxylation sites is 2. The highest BCUT2D eigenvalue weighted by atomic mass is 127. The van der Waals surface area contributed by atoms with Crippen LogP contribution >= 0.6 is 22.6 Å². The predicted molar refractivity (Wildman–Crippen MR) is 86.9 cm³/mol. The van der Waals surface area contributed by atoms with Gasteiger partial charge in [0.2, 0.25) is 0 Å². The van der Waals surface area contributed by atoms with Gasteiger partial charge in [-0.2, -0.15) is 0 Å². The van der Waals surface area contributed by atoms with Gasteiger partial charge in [-0.3, -0.25) is 5.84 Å². The molecule has 0 spiro atoms. The average Bonchev–Trinajstić information content (AvgIpc) is 2.41. The zero-order chi connectivity index (χ0) is 13.7. The molecule has 0 unspecified atom stereocenters. The van der Waals surface area contributed by atoms with Crippen molar-refractivity contribution in [2.75, 3.05) is 5.73 Å². The molecule has 5 nitrogen and oxygen atoms in total. The number of amidine groups is 1. The fourth-order valence-corrected chi connectivity index (χ4v) is 2.18. The van der Waals surface area contributed by atoms with Gasteiger partial charge in [-0.1, -0.05) is 36.4 Å². The van der Waals surface area contributed by atoms with Crippen molar-refractivity contribution >= 4 is 39.8 Å². The molecule has 0 aromatic heterocycles. The molecule has 0 heterocycles. The fourth-order valence-electron chi connectivity index (χ4n) is 1.55. The van der Waals surface area contributed by atoms with Crippen molar-refractivity contribution < 1.29 is 0 Å². The maximum Gasteiger partial charge on any atom is 0.0346 e. The normalized spacial score (nSPS) is 11.2. The smallest absolute Gasteiger partial charge is 0.0346 e. The third kappa shape index (κ3) is 3.36. The Bertz CT molecular complexity index is 597. The first-order chi connectivity index (χ1) is 9.22. The Morgan fingerprint density at radius 3 is 2.47 bits per heavy atom. The highest BCUT2D eigenvalue weighted by Gasteiger charge is 2.01. The molecule has 0 atom stereocenters. The van der Waals surface area contributed by atoms with Gasteiger partial charge in [0, 0.05) is 9.26 Å². The summed E-state index contributed by atoms with van der Waals surface area (Å²) in [6.45, 7) is 0. The minimum absolute atomic E-state index is 0.491. The van der Waals surface area contributed by atoms with Crippen molar-refractivity contribution in [2.45, 2.75) is 0 Å². The van der Waals surface area contributed by atoms with Gasteiger partial charge in [0.05, 0.1) is 0 Å². The molecule has 19 heavy (non-hydrogen) atoms. The number of hydrazone groups is 1. The number of nitrogens with two attached hydrogens (primary N) is 2. The van der Waals surface area contributed by atoms with Gasteiger partial charge in [-0.25, -0.2) is 0 Å². The van der Waals surface area contributed by atoms with Gasteiger partial charge in [0.15, 0.2) is 0 Å². The van der Waals surface area contributed by atoms with E-state index in [1.54, 1.807) is 6.07 Å². The maximum absolute atomic E-state index is 5.88. The number of nitrogens with one attached hydrogen (secondary N) is 1. The Labute approximate surface area is 125 Å². The first kappa shape index (κ1) is 13.6. The van der Waals surface area contributed by atoms with E-state index in [-0.39, 0.29) is 0 Å². The number of halogens is 1. The molecule has 2 rings (SSSR count). The van der Waals surface area contributed by atoms with Crippen LogP contribution < -0.4 is 17.1 Å². The molecule has 2 aromatic rings. The minimum Gasteiger partial charge on any atom is -0.433 e. The van der Waals surface area contributed by atoms with Crippen molar-refractivity contribution in [3.05, 3.63) is 63.0 Å². The molecule has 98 valence electrons. The van der Waals surface area contributed by atoms with Crippen LogP contribution in [0, 0.1) is 3.57 Å². The summed E-state index contributed by atoms with van der Waals surface area (Å²) in [5.41, 5.74) is 10.3. The number of nitrogens with zero attached hydrogens (tertiary/aromatic N) is 2. The van der Waals surface area contributed by atoms with E-state index in [2.05, 4.69) is 38.5 Å². The van der Waals surface area contributed by atoms with Crippen LogP contribution in [0.4, 0.5) is 11.4 Å². The number of benzene rings is 2. The molecular formula is C13H13IN5-. The topological polar surface area (TPSA) is 90.5 Å². The van der Waals surface area contributed by atoms with Gasteiger partial charge in [-0.15, -0.1) is 0 Å². The maximum atomic E-state index is 5.88. The lowest BCUT2D eigenvalue weighted by atomic mass is 10.2. The van der Waals surface area contributed by atoms with Crippen LogP contribution in [0.1, 0.15) is 5.56 Å². The summed E-state index contributed by atoms with van der Waals surface area (Å²) >= 11 is 2.23. The van der Waals surface area contributed by atoms with E-state index < -0.39 is 0 Å². The molecule has 0 fully saturated rings. The van der Waals surface area contributed by atoms with Crippen LogP contribution in [0.3, 0.4) is 0 Å². The summed E-state index contributed by atoms with van der Waals surface area (Å²) in [4.78, 5) is 0. The second kappa shape index (κ2) is 6.39. The number of hydrogen-bond donors (Lipinski definition) is 3. The molecule has 0 saturated carbocycles. The van der Waals surface area contributed by atoms with E-state index >= 15 is 0 Å². The van der Waals surface area contributed by atoms with Crippen molar-refractivity contribution in [1.29, 1.82) is 0 Å². The molecule has 0 aliphatic heterocycles. The molecule has 2 aromatic carbocycles. The average molecular weight is 366 g/mol. The standard InChI is InChI=1S/C13H13IN5/c14-10-6-2-1-5-9(10)13(18-19-16)17-12-8-4-3-7-11(12)15/h1-8,19H,15-16H2/q-1. The van der Waals surface area contributed by atoms with Crippen LogP contribution in [0.5, 0.6) is 0 Å². The molecule has 0 aliphatic carbocycles. The first-order valence-electron chi connectivity index (χ1n) is 5.57. The lowest BCUT2D eigenvalue weighted by molar-refractivity contribution is 0.806. The van der Waals surface area contributed by atoms with E-state index in [0.717, 1.165) is 9.13 Å². The first-order valence-corrected chi connectivity index (χ1v) is 6.64. The number of hydrazine groups is 1. The fraction of sp³-hybridized carbons (Fsp3) is 0. The molecule has 6 heteroatoms. The predicted octanol–water partition coefficient (Wildman–Crippen LogP) is 2.70. The van der Waals surface area contributed by atoms with Crippen molar-refractivity contribution in [3.8, 4) is 0 Å². The monoisotopic (exact) mass is 366 g/mol. The summed E-state index contributed by atoms with van der Waals surface area (Å²) in [6, 6.07) is 15.1. The third-order valence-corrected chi connectivity index (χ3v) is 3.39. The van der Waals surface area contributed by atoms with Gasteiger partial charge >= 0.3 is 0 Å². The third-order valence-electron chi connectivity index (χ3n) is 2.45. The van der Waals surface area contributed by atoms with Crippen LogP contribution in [-0.4, -0.2) is 5.84 Å². The summed E-state index contributed by atoms with van der Waals surface area (Å²) in [5.74, 6) is 5.77. The second-order valence-electron chi connectivity index (χ2n) is 3.71. The number of rotatable bonds is 3. The van der Waals surface area contributed by atoms with Gasteiger partial charge < -0.3 is 21.7 Å². The van der Waals surface area contributed by atoms with Crippen LogP contribution in [0.15, 0.2) is 53.6 Å². The molecule has 0 amide bonds.